The van der Waals surface area contributed by atoms with Crippen LogP contribution in [-0.2, 0) is 14.8 Å². The van der Waals surface area contributed by atoms with E-state index in [9.17, 15) is 13.2 Å². The minimum atomic E-state index is -3.21. The predicted octanol–water partition coefficient (Wildman–Crippen LogP) is 2.47. The quantitative estimate of drug-likeness (QED) is 0.725. The fourth-order valence-electron chi connectivity index (χ4n) is 4.47. The zero-order chi connectivity index (χ0) is 20.3. The molecule has 3 rings (SSSR count). The lowest BCUT2D eigenvalue weighted by molar-refractivity contribution is -0.136. The highest BCUT2D eigenvalue weighted by molar-refractivity contribution is 7.88. The van der Waals surface area contributed by atoms with E-state index < -0.39 is 10.0 Å². The molecule has 6 nitrogen and oxygen atoms in total. The van der Waals surface area contributed by atoms with E-state index in [0.29, 0.717) is 25.6 Å². The molecule has 2 aliphatic heterocycles. The van der Waals surface area contributed by atoms with Crippen molar-refractivity contribution in [1.29, 1.82) is 0 Å². The van der Waals surface area contributed by atoms with Crippen LogP contribution in [0.4, 0.5) is 0 Å². The van der Waals surface area contributed by atoms with Gasteiger partial charge in [-0.25, -0.2) is 12.7 Å². The van der Waals surface area contributed by atoms with Gasteiger partial charge in [-0.3, -0.25) is 4.79 Å². The van der Waals surface area contributed by atoms with E-state index in [-0.39, 0.29) is 23.7 Å². The lowest BCUT2D eigenvalue weighted by Gasteiger charge is -2.37. The fourth-order valence-corrected chi connectivity index (χ4v) is 5.38. The molecule has 2 heterocycles. The van der Waals surface area contributed by atoms with E-state index in [2.05, 4.69) is 0 Å². The number of amides is 1. The van der Waals surface area contributed by atoms with Crippen LogP contribution in [0.3, 0.4) is 0 Å². The first-order valence-corrected chi connectivity index (χ1v) is 12.0. The predicted molar refractivity (Wildman–Crippen MR) is 109 cm³/mol. The van der Waals surface area contributed by atoms with Crippen LogP contribution in [-0.4, -0.2) is 62.6 Å². The number of nitrogens with zero attached hydrogens (tertiary/aromatic N) is 2. The Kier molecular flexibility index (Phi) is 6.65. The highest BCUT2D eigenvalue weighted by Crippen LogP contribution is 2.37. The molecule has 1 aromatic carbocycles. The summed E-state index contributed by atoms with van der Waals surface area (Å²) in [5, 5.41) is 0. The van der Waals surface area contributed by atoms with E-state index in [0.717, 1.165) is 31.7 Å². The Labute approximate surface area is 168 Å². The van der Waals surface area contributed by atoms with Gasteiger partial charge in [0.25, 0.3) is 0 Å². The summed E-state index contributed by atoms with van der Waals surface area (Å²) in [5.41, 5.74) is 0. The van der Waals surface area contributed by atoms with Gasteiger partial charge in [0.05, 0.1) is 12.9 Å². The average molecular weight is 409 g/mol. The van der Waals surface area contributed by atoms with E-state index in [1.54, 1.807) is 4.31 Å². The minimum absolute atomic E-state index is 0.0239. The molecule has 28 heavy (non-hydrogen) atoms. The van der Waals surface area contributed by atoms with E-state index >= 15 is 0 Å². The average Bonchev–Trinajstić information content (AvgIpc) is 3.11. The number of para-hydroxylation sites is 1. The maximum atomic E-state index is 12.3. The van der Waals surface area contributed by atoms with Gasteiger partial charge in [-0.2, -0.15) is 0 Å². The summed E-state index contributed by atoms with van der Waals surface area (Å²) in [6, 6.07) is 9.67. The van der Waals surface area contributed by atoms with Gasteiger partial charge < -0.3 is 9.64 Å². The molecule has 7 heteroatoms. The maximum Gasteiger partial charge on any atom is 0.225 e. The third kappa shape index (κ3) is 5.06. The first kappa shape index (κ1) is 21.1. The first-order valence-electron chi connectivity index (χ1n) is 10.2. The Bertz CT molecular complexity index is 758. The smallest absolute Gasteiger partial charge is 0.225 e. The third-order valence-corrected chi connectivity index (χ3v) is 7.32. The van der Waals surface area contributed by atoms with Crippen molar-refractivity contribution in [3.63, 3.8) is 0 Å². The maximum absolute atomic E-state index is 12.3. The zero-order valence-electron chi connectivity index (χ0n) is 17.1. The molecule has 0 aliphatic carbocycles. The van der Waals surface area contributed by atoms with Gasteiger partial charge in [-0.15, -0.1) is 0 Å². The van der Waals surface area contributed by atoms with Crippen LogP contribution in [0, 0.1) is 23.7 Å². The molecular formula is C21H32N2O4S. The number of benzene rings is 1. The molecule has 2 aliphatic rings. The number of ether oxygens (including phenoxy) is 1. The number of piperidine rings is 1. The van der Waals surface area contributed by atoms with Gasteiger partial charge in [0.15, 0.2) is 0 Å². The van der Waals surface area contributed by atoms with Crippen LogP contribution in [0.25, 0.3) is 0 Å². The molecule has 0 aromatic heterocycles. The van der Waals surface area contributed by atoms with Gasteiger partial charge in [0.1, 0.15) is 5.75 Å². The molecule has 0 radical (unpaired) electrons. The SMILES string of the molecule is CC(C)C(=O)N1CCC([C@@H]2CN(S(C)(=O)=O)C[C@H]2COc2ccccc2)CC1. The zero-order valence-corrected chi connectivity index (χ0v) is 17.9. The normalized spacial score (nSPS) is 24.6. The van der Waals surface area contributed by atoms with Crippen LogP contribution < -0.4 is 4.74 Å². The van der Waals surface area contributed by atoms with Crippen LogP contribution in [0.1, 0.15) is 26.7 Å². The highest BCUT2D eigenvalue weighted by atomic mass is 32.2. The molecule has 2 fully saturated rings. The summed E-state index contributed by atoms with van der Waals surface area (Å²) in [5.74, 6) is 1.92. The van der Waals surface area contributed by atoms with E-state index in [4.69, 9.17) is 4.74 Å². The topological polar surface area (TPSA) is 66.9 Å². The Morgan fingerprint density at radius 1 is 1.14 bits per heavy atom. The second-order valence-corrected chi connectivity index (χ2v) is 10.4. The molecule has 156 valence electrons. The minimum Gasteiger partial charge on any atom is -0.493 e. The number of carbonyl (C=O) groups is 1. The Morgan fingerprint density at radius 3 is 2.36 bits per heavy atom. The number of rotatable bonds is 6. The molecule has 0 bridgehead atoms. The summed E-state index contributed by atoms with van der Waals surface area (Å²) < 4.78 is 31.8. The molecule has 0 N–H and O–H groups in total. The third-order valence-electron chi connectivity index (χ3n) is 6.09. The molecule has 1 aromatic rings. The van der Waals surface area contributed by atoms with Crippen LogP contribution in [0.2, 0.25) is 0 Å². The van der Waals surface area contributed by atoms with Crippen molar-refractivity contribution in [3.05, 3.63) is 30.3 Å². The van der Waals surface area contributed by atoms with E-state index in [1.807, 2.05) is 49.1 Å². The first-order chi connectivity index (χ1) is 13.3. The number of hydrogen-bond donors (Lipinski definition) is 0. The molecule has 0 unspecified atom stereocenters. The molecule has 0 saturated carbocycles. The van der Waals surface area contributed by atoms with Crippen molar-refractivity contribution in [2.75, 3.05) is 39.0 Å². The van der Waals surface area contributed by atoms with Crippen molar-refractivity contribution < 1.29 is 17.9 Å². The number of likely N-dealkylation sites (tertiary alicyclic amines) is 1. The lowest BCUT2D eigenvalue weighted by atomic mass is 9.78. The molecule has 2 saturated heterocycles. The van der Waals surface area contributed by atoms with Crippen molar-refractivity contribution in [1.82, 2.24) is 9.21 Å². The van der Waals surface area contributed by atoms with Gasteiger partial charge in [-0.1, -0.05) is 32.0 Å². The van der Waals surface area contributed by atoms with Crippen molar-refractivity contribution >= 4 is 15.9 Å². The number of hydrogen-bond acceptors (Lipinski definition) is 4. The second-order valence-electron chi connectivity index (χ2n) is 8.45. The van der Waals surface area contributed by atoms with Gasteiger partial charge in [0, 0.05) is 38.0 Å². The Hall–Kier alpha value is -1.60. The summed E-state index contributed by atoms with van der Waals surface area (Å²) >= 11 is 0. The second kappa shape index (κ2) is 8.82. The van der Waals surface area contributed by atoms with Crippen molar-refractivity contribution in [3.8, 4) is 5.75 Å². The summed E-state index contributed by atoms with van der Waals surface area (Å²) in [6.07, 6.45) is 3.15. The molecule has 0 spiro atoms. The van der Waals surface area contributed by atoms with Crippen molar-refractivity contribution in [2.24, 2.45) is 23.7 Å². The van der Waals surface area contributed by atoms with E-state index in [1.165, 1.54) is 6.26 Å². The van der Waals surface area contributed by atoms with Crippen LogP contribution >= 0.6 is 0 Å². The summed E-state index contributed by atoms with van der Waals surface area (Å²) in [7, 11) is -3.21. The van der Waals surface area contributed by atoms with Crippen molar-refractivity contribution in [2.45, 2.75) is 26.7 Å². The van der Waals surface area contributed by atoms with Gasteiger partial charge >= 0.3 is 0 Å². The van der Waals surface area contributed by atoms with Gasteiger partial charge in [-0.05, 0) is 36.8 Å². The fraction of sp³-hybridized carbons (Fsp3) is 0.667. The van der Waals surface area contributed by atoms with Gasteiger partial charge in [0.2, 0.25) is 15.9 Å². The Balaban J connectivity index is 1.65. The monoisotopic (exact) mass is 408 g/mol. The molecule has 1 amide bonds. The van der Waals surface area contributed by atoms with Crippen LogP contribution in [0.15, 0.2) is 30.3 Å². The largest absolute Gasteiger partial charge is 0.493 e. The lowest BCUT2D eigenvalue weighted by Crippen LogP contribution is -2.43. The highest BCUT2D eigenvalue weighted by Gasteiger charge is 2.42. The number of carbonyl (C=O) groups excluding carboxylic acids is 1. The summed E-state index contributed by atoms with van der Waals surface area (Å²) in [6.45, 7) is 7.00. The molecular weight excluding hydrogens is 376 g/mol. The Morgan fingerprint density at radius 2 is 1.79 bits per heavy atom. The van der Waals surface area contributed by atoms with Crippen LogP contribution in [0.5, 0.6) is 5.75 Å². The molecule has 2 atom stereocenters. The standard InChI is InChI=1S/C21H32N2O4S/c1-16(2)21(24)22-11-9-17(10-12-22)20-14-23(28(3,25)26)13-18(20)15-27-19-7-5-4-6-8-19/h4-8,16-18,20H,9-15H2,1-3H3/t18-,20-/m0/s1. The number of sulfonamides is 1. The summed E-state index contributed by atoms with van der Waals surface area (Å²) in [4.78, 5) is 14.2.